The van der Waals surface area contributed by atoms with Crippen LogP contribution in [0.2, 0.25) is 0 Å². The molecule has 1 aromatic rings. The van der Waals surface area contributed by atoms with Gasteiger partial charge in [-0.2, -0.15) is 0 Å². The molecule has 0 aliphatic carbocycles. The molecule has 1 amide bonds. The number of likely N-dealkylation sites (N-methyl/N-ethyl adjacent to an activating group) is 1. The summed E-state index contributed by atoms with van der Waals surface area (Å²) >= 11 is 0. The fourth-order valence-corrected chi connectivity index (χ4v) is 2.20. The van der Waals surface area contributed by atoms with Crippen molar-refractivity contribution in [2.45, 2.75) is 18.9 Å². The third-order valence-corrected chi connectivity index (χ3v) is 3.33. The minimum absolute atomic E-state index is 0.243. The van der Waals surface area contributed by atoms with Crippen molar-refractivity contribution in [3.63, 3.8) is 0 Å². The van der Waals surface area contributed by atoms with Crippen LogP contribution in [0.1, 0.15) is 12.8 Å². The lowest BCUT2D eigenvalue weighted by Crippen LogP contribution is -2.48. The van der Waals surface area contributed by atoms with Crippen molar-refractivity contribution in [3.05, 3.63) is 30.3 Å². The maximum Gasteiger partial charge on any atom is 0.415 e. The van der Waals surface area contributed by atoms with Crippen LogP contribution < -0.4 is 4.74 Å². The van der Waals surface area contributed by atoms with Crippen LogP contribution in [0.25, 0.3) is 0 Å². The van der Waals surface area contributed by atoms with Gasteiger partial charge in [0.25, 0.3) is 0 Å². The number of hydrogen-bond donors (Lipinski definition) is 0. The molecule has 1 fully saturated rings. The minimum atomic E-state index is -0.243. The van der Waals surface area contributed by atoms with Crippen LogP contribution in [-0.4, -0.2) is 49.1 Å². The van der Waals surface area contributed by atoms with Crippen molar-refractivity contribution in [2.24, 2.45) is 0 Å². The van der Waals surface area contributed by atoms with Crippen LogP contribution in [0.3, 0.4) is 0 Å². The van der Waals surface area contributed by atoms with E-state index >= 15 is 0 Å². The highest BCUT2D eigenvalue weighted by Crippen LogP contribution is 2.16. The molecule has 1 atom stereocenters. The van der Waals surface area contributed by atoms with Crippen LogP contribution in [0.5, 0.6) is 5.75 Å². The van der Waals surface area contributed by atoms with Gasteiger partial charge in [0.2, 0.25) is 0 Å². The number of amides is 1. The van der Waals surface area contributed by atoms with Gasteiger partial charge in [-0.3, -0.25) is 0 Å². The van der Waals surface area contributed by atoms with Gasteiger partial charge in [0.05, 0.1) is 0 Å². The molecular weight excluding hydrogens is 228 g/mol. The van der Waals surface area contributed by atoms with E-state index < -0.39 is 0 Å². The second kappa shape index (κ2) is 5.87. The summed E-state index contributed by atoms with van der Waals surface area (Å²) < 4.78 is 5.35. The van der Waals surface area contributed by atoms with E-state index in [4.69, 9.17) is 4.74 Å². The molecule has 0 bridgehead atoms. The van der Waals surface area contributed by atoms with Gasteiger partial charge in [-0.05, 0) is 39.1 Å². The summed E-state index contributed by atoms with van der Waals surface area (Å²) in [5.41, 5.74) is 0. The number of benzene rings is 1. The number of para-hydroxylation sites is 1. The molecular formula is C14H20N2O2. The monoisotopic (exact) mass is 248 g/mol. The van der Waals surface area contributed by atoms with Gasteiger partial charge in [0.1, 0.15) is 5.75 Å². The molecule has 1 aliphatic heterocycles. The Morgan fingerprint density at radius 3 is 2.72 bits per heavy atom. The maximum absolute atomic E-state index is 12.0. The largest absolute Gasteiger partial charge is 0.415 e. The average molecular weight is 248 g/mol. The highest BCUT2D eigenvalue weighted by atomic mass is 16.6. The van der Waals surface area contributed by atoms with Gasteiger partial charge < -0.3 is 14.5 Å². The van der Waals surface area contributed by atoms with Crippen LogP contribution in [0, 0.1) is 0 Å². The summed E-state index contributed by atoms with van der Waals surface area (Å²) in [6, 6.07) is 9.65. The highest BCUT2D eigenvalue weighted by molar-refractivity contribution is 5.70. The van der Waals surface area contributed by atoms with E-state index in [-0.39, 0.29) is 6.09 Å². The number of carbonyl (C=O) groups excluding carboxylic acids is 1. The summed E-state index contributed by atoms with van der Waals surface area (Å²) in [6.07, 6.45) is 1.93. The zero-order valence-electron chi connectivity index (χ0n) is 11.0. The van der Waals surface area contributed by atoms with E-state index in [1.165, 1.54) is 0 Å². The van der Waals surface area contributed by atoms with Crippen LogP contribution in [-0.2, 0) is 0 Å². The molecule has 0 radical (unpaired) electrons. The summed E-state index contributed by atoms with van der Waals surface area (Å²) in [6.45, 7) is 1.54. The Bertz CT molecular complexity index is 392. The van der Waals surface area contributed by atoms with Gasteiger partial charge in [-0.15, -0.1) is 0 Å². The van der Waals surface area contributed by atoms with Crippen LogP contribution in [0.4, 0.5) is 4.79 Å². The molecule has 98 valence electrons. The number of carbonyl (C=O) groups is 1. The van der Waals surface area contributed by atoms with Crippen molar-refractivity contribution in [1.82, 2.24) is 9.80 Å². The number of hydrogen-bond acceptors (Lipinski definition) is 3. The van der Waals surface area contributed by atoms with Crippen molar-refractivity contribution >= 4 is 6.09 Å². The predicted octanol–water partition coefficient (Wildman–Crippen LogP) is 2.21. The molecule has 0 saturated carbocycles. The Labute approximate surface area is 108 Å². The first-order valence-corrected chi connectivity index (χ1v) is 6.35. The van der Waals surface area contributed by atoms with Gasteiger partial charge in [0, 0.05) is 19.1 Å². The van der Waals surface area contributed by atoms with Crippen molar-refractivity contribution in [1.29, 1.82) is 0 Å². The van der Waals surface area contributed by atoms with Crippen LogP contribution in [0.15, 0.2) is 30.3 Å². The SMILES string of the molecule is CN(C)C1CCCN(C(=O)Oc2ccccc2)C1. The summed E-state index contributed by atoms with van der Waals surface area (Å²) in [5, 5.41) is 0. The minimum Gasteiger partial charge on any atom is -0.410 e. The Hall–Kier alpha value is -1.55. The molecule has 1 unspecified atom stereocenters. The molecule has 0 N–H and O–H groups in total. The quantitative estimate of drug-likeness (QED) is 0.804. The van der Waals surface area contributed by atoms with Crippen LogP contribution >= 0.6 is 0 Å². The standard InChI is InChI=1S/C14H20N2O2/c1-15(2)12-7-6-10-16(11-12)14(17)18-13-8-4-3-5-9-13/h3-5,8-9,12H,6-7,10-11H2,1-2H3. The lowest BCUT2D eigenvalue weighted by atomic mass is 10.1. The fraction of sp³-hybridized carbons (Fsp3) is 0.500. The summed E-state index contributed by atoms with van der Waals surface area (Å²) in [5.74, 6) is 0.606. The van der Waals surface area contributed by atoms with Gasteiger partial charge in [-0.25, -0.2) is 4.79 Å². The maximum atomic E-state index is 12.0. The van der Waals surface area contributed by atoms with Crippen molar-refractivity contribution < 1.29 is 9.53 Å². The topological polar surface area (TPSA) is 32.8 Å². The summed E-state index contributed by atoms with van der Waals surface area (Å²) in [7, 11) is 4.10. The Kier molecular flexibility index (Phi) is 4.20. The first-order chi connectivity index (χ1) is 8.66. The van der Waals surface area contributed by atoms with E-state index in [0.29, 0.717) is 11.8 Å². The van der Waals surface area contributed by atoms with E-state index in [2.05, 4.69) is 19.0 Å². The van der Waals surface area contributed by atoms with E-state index in [0.717, 1.165) is 25.9 Å². The van der Waals surface area contributed by atoms with Gasteiger partial charge in [-0.1, -0.05) is 18.2 Å². The zero-order valence-corrected chi connectivity index (χ0v) is 11.0. The van der Waals surface area contributed by atoms with Gasteiger partial charge >= 0.3 is 6.09 Å². The molecule has 0 aromatic heterocycles. The van der Waals surface area contributed by atoms with E-state index in [1.807, 2.05) is 18.2 Å². The second-order valence-electron chi connectivity index (χ2n) is 4.89. The molecule has 0 spiro atoms. The molecule has 1 aliphatic rings. The lowest BCUT2D eigenvalue weighted by molar-refractivity contribution is 0.111. The smallest absolute Gasteiger partial charge is 0.410 e. The number of rotatable bonds is 2. The Morgan fingerprint density at radius 2 is 2.06 bits per heavy atom. The zero-order chi connectivity index (χ0) is 13.0. The fourth-order valence-electron chi connectivity index (χ4n) is 2.20. The molecule has 1 heterocycles. The Balaban J connectivity index is 1.93. The molecule has 1 aromatic carbocycles. The average Bonchev–Trinajstić information content (AvgIpc) is 2.40. The normalized spacial score (nSPS) is 19.9. The van der Waals surface area contributed by atoms with Gasteiger partial charge in [0.15, 0.2) is 0 Å². The first kappa shape index (κ1) is 12.9. The third kappa shape index (κ3) is 3.23. The number of piperidine rings is 1. The third-order valence-electron chi connectivity index (χ3n) is 3.33. The number of ether oxygens (including phenoxy) is 1. The molecule has 4 nitrogen and oxygen atoms in total. The molecule has 2 rings (SSSR count). The lowest BCUT2D eigenvalue weighted by Gasteiger charge is -2.35. The summed E-state index contributed by atoms with van der Waals surface area (Å²) in [4.78, 5) is 16.0. The molecule has 1 saturated heterocycles. The van der Waals surface area contributed by atoms with E-state index in [9.17, 15) is 4.79 Å². The Morgan fingerprint density at radius 1 is 1.33 bits per heavy atom. The number of nitrogens with zero attached hydrogens (tertiary/aromatic N) is 2. The van der Waals surface area contributed by atoms with Crippen molar-refractivity contribution in [3.8, 4) is 5.75 Å². The first-order valence-electron chi connectivity index (χ1n) is 6.35. The molecule has 4 heteroatoms. The highest BCUT2D eigenvalue weighted by Gasteiger charge is 2.25. The second-order valence-corrected chi connectivity index (χ2v) is 4.89. The molecule has 18 heavy (non-hydrogen) atoms. The predicted molar refractivity (Wildman–Crippen MR) is 70.7 cm³/mol. The van der Waals surface area contributed by atoms with E-state index in [1.54, 1.807) is 17.0 Å². The van der Waals surface area contributed by atoms with Crippen molar-refractivity contribution in [2.75, 3.05) is 27.2 Å². The number of likely N-dealkylation sites (tertiary alicyclic amines) is 1.